The molecule has 132 valence electrons. The summed E-state index contributed by atoms with van der Waals surface area (Å²) in [6, 6.07) is 3.72. The topological polar surface area (TPSA) is 78.9 Å². The van der Waals surface area contributed by atoms with Crippen molar-refractivity contribution in [1.29, 1.82) is 0 Å². The van der Waals surface area contributed by atoms with Crippen LogP contribution in [0.25, 0.3) is 0 Å². The molecule has 1 fully saturated rings. The lowest BCUT2D eigenvalue weighted by Crippen LogP contribution is -2.37. The van der Waals surface area contributed by atoms with Crippen molar-refractivity contribution in [1.82, 2.24) is 4.90 Å². The minimum atomic E-state index is -2.66. The molecule has 9 heteroatoms. The molecule has 1 heterocycles. The predicted molar refractivity (Wildman–Crippen MR) is 83.9 cm³/mol. The molecule has 1 aliphatic rings. The normalized spacial score (nSPS) is 20.3. The Labute approximate surface area is 142 Å². The Balaban J connectivity index is 2.08. The molecule has 0 bridgehead atoms. The summed E-state index contributed by atoms with van der Waals surface area (Å²) in [4.78, 5) is 24.9. The number of nitrogens with zero attached hydrogens (tertiary/aromatic N) is 1. The highest BCUT2D eigenvalue weighted by Gasteiger charge is 2.42. The molecular formula is C15H17ClF2N2O4. The fourth-order valence-corrected chi connectivity index (χ4v) is 2.54. The SMILES string of the molecule is CC1(C(=O)O)CCN(C(=O)Nc2ccc(Cl)cc2OCC(F)F)C1. The average Bonchev–Trinajstić information content (AvgIpc) is 2.91. The number of carbonyl (C=O) groups is 2. The summed E-state index contributed by atoms with van der Waals surface area (Å²) in [6.45, 7) is 1.09. The van der Waals surface area contributed by atoms with Crippen LogP contribution in [0.2, 0.25) is 5.02 Å². The average molecular weight is 363 g/mol. The summed E-state index contributed by atoms with van der Waals surface area (Å²) in [5.74, 6) is -0.943. The van der Waals surface area contributed by atoms with Crippen molar-refractivity contribution in [2.75, 3.05) is 25.0 Å². The van der Waals surface area contributed by atoms with Gasteiger partial charge in [-0.05, 0) is 25.5 Å². The molecule has 0 radical (unpaired) electrons. The van der Waals surface area contributed by atoms with Crippen LogP contribution < -0.4 is 10.1 Å². The molecule has 0 aromatic heterocycles. The molecule has 1 aliphatic heterocycles. The summed E-state index contributed by atoms with van der Waals surface area (Å²) < 4.78 is 29.6. The fraction of sp³-hybridized carbons (Fsp3) is 0.467. The van der Waals surface area contributed by atoms with E-state index in [9.17, 15) is 23.5 Å². The molecule has 1 aromatic rings. The van der Waals surface area contributed by atoms with E-state index in [-0.39, 0.29) is 29.5 Å². The Morgan fingerprint density at radius 1 is 1.50 bits per heavy atom. The number of nitrogens with one attached hydrogen (secondary N) is 1. The van der Waals surface area contributed by atoms with Crippen LogP contribution in [-0.4, -0.2) is 48.1 Å². The predicted octanol–water partition coefficient (Wildman–Crippen LogP) is 3.31. The first-order chi connectivity index (χ1) is 11.2. The molecule has 1 saturated heterocycles. The Morgan fingerprint density at radius 2 is 2.21 bits per heavy atom. The maximum atomic E-state index is 12.3. The monoisotopic (exact) mass is 362 g/mol. The number of aliphatic carboxylic acids is 1. The largest absolute Gasteiger partial charge is 0.485 e. The smallest absolute Gasteiger partial charge is 0.321 e. The van der Waals surface area contributed by atoms with Crippen molar-refractivity contribution in [3.05, 3.63) is 23.2 Å². The lowest BCUT2D eigenvalue weighted by molar-refractivity contribution is -0.146. The summed E-state index contributed by atoms with van der Waals surface area (Å²) in [6.07, 6.45) is -2.33. The van der Waals surface area contributed by atoms with Crippen LogP contribution in [0.3, 0.4) is 0 Å². The van der Waals surface area contributed by atoms with E-state index < -0.39 is 30.4 Å². The molecule has 2 amide bonds. The van der Waals surface area contributed by atoms with Gasteiger partial charge in [0.25, 0.3) is 6.43 Å². The number of urea groups is 1. The number of rotatable bonds is 5. The Kier molecular flexibility index (Phi) is 5.48. The van der Waals surface area contributed by atoms with Crippen LogP contribution in [-0.2, 0) is 4.79 Å². The molecule has 0 saturated carbocycles. The first-order valence-corrected chi connectivity index (χ1v) is 7.59. The molecular weight excluding hydrogens is 346 g/mol. The van der Waals surface area contributed by atoms with Crippen molar-refractivity contribution < 1.29 is 28.2 Å². The van der Waals surface area contributed by atoms with Gasteiger partial charge in [0.2, 0.25) is 0 Å². The second kappa shape index (κ2) is 7.21. The third-order valence-corrected chi connectivity index (χ3v) is 4.06. The fourth-order valence-electron chi connectivity index (χ4n) is 2.37. The zero-order chi connectivity index (χ0) is 17.9. The Bertz CT molecular complexity index is 644. The van der Waals surface area contributed by atoms with Gasteiger partial charge in [-0.1, -0.05) is 11.6 Å². The van der Waals surface area contributed by atoms with Crippen LogP contribution in [0.4, 0.5) is 19.3 Å². The van der Waals surface area contributed by atoms with Crippen LogP contribution in [0, 0.1) is 5.41 Å². The number of anilines is 1. The van der Waals surface area contributed by atoms with E-state index in [0.717, 1.165) is 0 Å². The number of carbonyl (C=O) groups excluding carboxylic acids is 1. The van der Waals surface area contributed by atoms with Crippen LogP contribution >= 0.6 is 11.6 Å². The van der Waals surface area contributed by atoms with Gasteiger partial charge in [0, 0.05) is 24.2 Å². The number of carboxylic acid groups (broad SMARTS) is 1. The number of likely N-dealkylation sites (tertiary alicyclic amines) is 1. The number of hydrogen-bond acceptors (Lipinski definition) is 3. The van der Waals surface area contributed by atoms with Gasteiger partial charge in [-0.25, -0.2) is 13.6 Å². The minimum Gasteiger partial charge on any atom is -0.485 e. The number of hydrogen-bond donors (Lipinski definition) is 2. The van der Waals surface area contributed by atoms with Gasteiger partial charge in [-0.2, -0.15) is 0 Å². The standard InChI is InChI=1S/C15H17ClF2N2O4/c1-15(13(21)22)4-5-20(8-15)14(23)19-10-3-2-9(16)6-11(10)24-7-12(17)18/h2-3,6,12H,4-5,7-8H2,1H3,(H,19,23)(H,21,22). The third-order valence-electron chi connectivity index (χ3n) is 3.83. The van der Waals surface area contributed by atoms with E-state index in [4.69, 9.17) is 16.3 Å². The Morgan fingerprint density at radius 3 is 2.79 bits per heavy atom. The summed E-state index contributed by atoms with van der Waals surface area (Å²) in [5, 5.41) is 12.0. The summed E-state index contributed by atoms with van der Waals surface area (Å²) >= 11 is 5.81. The van der Waals surface area contributed by atoms with E-state index in [2.05, 4.69) is 5.32 Å². The molecule has 1 atom stereocenters. The zero-order valence-electron chi connectivity index (χ0n) is 12.9. The number of ether oxygens (including phenoxy) is 1. The number of amides is 2. The van der Waals surface area contributed by atoms with Crippen LogP contribution in [0.1, 0.15) is 13.3 Å². The summed E-state index contributed by atoms with van der Waals surface area (Å²) in [5.41, 5.74) is -0.805. The third kappa shape index (κ3) is 4.25. The molecule has 6 nitrogen and oxygen atoms in total. The van der Waals surface area contributed by atoms with Gasteiger partial charge in [0.05, 0.1) is 11.1 Å². The molecule has 0 spiro atoms. The van der Waals surface area contributed by atoms with Gasteiger partial charge >= 0.3 is 12.0 Å². The van der Waals surface area contributed by atoms with E-state index >= 15 is 0 Å². The number of benzene rings is 1. The molecule has 0 aliphatic carbocycles. The second-order valence-corrected chi connectivity index (χ2v) is 6.25. The first-order valence-electron chi connectivity index (χ1n) is 7.21. The molecule has 2 N–H and O–H groups in total. The van der Waals surface area contributed by atoms with E-state index in [1.807, 2.05) is 0 Å². The van der Waals surface area contributed by atoms with Crippen molar-refractivity contribution in [2.45, 2.75) is 19.8 Å². The van der Waals surface area contributed by atoms with Gasteiger partial charge in [0.1, 0.15) is 12.4 Å². The van der Waals surface area contributed by atoms with Gasteiger partial charge < -0.3 is 20.1 Å². The number of halogens is 3. The molecule has 2 rings (SSSR count). The maximum Gasteiger partial charge on any atom is 0.321 e. The van der Waals surface area contributed by atoms with Gasteiger partial charge in [-0.3, -0.25) is 4.79 Å². The van der Waals surface area contributed by atoms with Crippen molar-refractivity contribution >= 4 is 29.3 Å². The van der Waals surface area contributed by atoms with Crippen LogP contribution in [0.5, 0.6) is 5.75 Å². The van der Waals surface area contributed by atoms with Crippen molar-refractivity contribution in [3.8, 4) is 5.75 Å². The van der Waals surface area contributed by atoms with Crippen LogP contribution in [0.15, 0.2) is 18.2 Å². The van der Waals surface area contributed by atoms with Gasteiger partial charge in [-0.15, -0.1) is 0 Å². The lowest BCUT2D eigenvalue weighted by Gasteiger charge is -2.21. The highest BCUT2D eigenvalue weighted by Crippen LogP contribution is 2.32. The quantitative estimate of drug-likeness (QED) is 0.842. The minimum absolute atomic E-state index is 0.0244. The summed E-state index contributed by atoms with van der Waals surface area (Å²) in [7, 11) is 0. The van der Waals surface area contributed by atoms with Crippen molar-refractivity contribution in [3.63, 3.8) is 0 Å². The van der Waals surface area contributed by atoms with E-state index in [1.54, 1.807) is 6.92 Å². The second-order valence-electron chi connectivity index (χ2n) is 5.81. The van der Waals surface area contributed by atoms with Crippen molar-refractivity contribution in [2.24, 2.45) is 5.41 Å². The highest BCUT2D eigenvalue weighted by atomic mass is 35.5. The Hall–Kier alpha value is -2.09. The highest BCUT2D eigenvalue weighted by molar-refractivity contribution is 6.30. The number of alkyl halides is 2. The molecule has 1 unspecified atom stereocenters. The van der Waals surface area contributed by atoms with E-state index in [1.165, 1.54) is 23.1 Å². The lowest BCUT2D eigenvalue weighted by atomic mass is 9.90. The molecule has 1 aromatic carbocycles. The zero-order valence-corrected chi connectivity index (χ0v) is 13.6. The van der Waals surface area contributed by atoms with Gasteiger partial charge in [0.15, 0.2) is 0 Å². The first kappa shape index (κ1) is 18.3. The maximum absolute atomic E-state index is 12.3. The number of carboxylic acids is 1. The molecule has 24 heavy (non-hydrogen) atoms. The van der Waals surface area contributed by atoms with E-state index in [0.29, 0.717) is 6.42 Å².